The summed E-state index contributed by atoms with van der Waals surface area (Å²) in [4.78, 5) is 13.1. The second-order valence-electron chi connectivity index (χ2n) is 6.78. The van der Waals surface area contributed by atoms with E-state index >= 15 is 0 Å². The molecule has 0 radical (unpaired) electrons. The highest BCUT2D eigenvalue weighted by Crippen LogP contribution is 2.44. The van der Waals surface area contributed by atoms with Gasteiger partial charge in [-0.2, -0.15) is 0 Å². The number of phenols is 4. The summed E-state index contributed by atoms with van der Waals surface area (Å²) >= 11 is 0. The minimum absolute atomic E-state index is 0.151. The van der Waals surface area contributed by atoms with E-state index in [9.17, 15) is 30.3 Å². The Labute approximate surface area is 155 Å². The number of nitrogens with zero attached hydrogens (tertiary/aromatic N) is 1. The first-order valence-electron chi connectivity index (χ1n) is 8.43. The molecule has 1 aliphatic heterocycles. The van der Waals surface area contributed by atoms with Crippen molar-refractivity contribution in [1.82, 2.24) is 4.90 Å². The number of hydrogen-bond donors (Lipinski definition) is 5. The summed E-state index contributed by atoms with van der Waals surface area (Å²) in [7, 11) is 0. The molecule has 0 aliphatic carbocycles. The van der Waals surface area contributed by atoms with Gasteiger partial charge in [0.2, 0.25) is 0 Å². The lowest BCUT2D eigenvalue weighted by atomic mass is 9.90. The number of phenolic OH excluding ortho intramolecular Hbond substituents is 4. The van der Waals surface area contributed by atoms with Crippen LogP contribution in [0.15, 0.2) is 30.3 Å². The van der Waals surface area contributed by atoms with Gasteiger partial charge in [-0.25, -0.2) is 4.79 Å². The van der Waals surface area contributed by atoms with Crippen molar-refractivity contribution < 1.29 is 35.1 Å². The van der Waals surface area contributed by atoms with E-state index in [0.717, 1.165) is 0 Å². The number of rotatable bonds is 3. The molecule has 2 aromatic carbocycles. The third kappa shape index (κ3) is 3.38. The van der Waals surface area contributed by atoms with Crippen molar-refractivity contribution in [1.29, 1.82) is 0 Å². The lowest BCUT2D eigenvalue weighted by Crippen LogP contribution is -2.50. The molecular formula is C19H21NO7. The first kappa shape index (κ1) is 18.5. The Morgan fingerprint density at radius 1 is 1.07 bits per heavy atom. The number of ether oxygens (including phenoxy) is 1. The van der Waals surface area contributed by atoms with Crippen LogP contribution in [0.2, 0.25) is 0 Å². The fraction of sp³-hybridized carbons (Fsp3) is 0.316. The summed E-state index contributed by atoms with van der Waals surface area (Å²) in [6.07, 6.45) is -1.81. The maximum atomic E-state index is 11.9. The summed E-state index contributed by atoms with van der Waals surface area (Å²) in [5, 5.41) is 49.0. The molecule has 1 amide bonds. The molecule has 3 rings (SSSR count). The van der Waals surface area contributed by atoms with Crippen molar-refractivity contribution in [3.05, 3.63) is 41.5 Å². The lowest BCUT2D eigenvalue weighted by Gasteiger charge is -2.41. The Morgan fingerprint density at radius 3 is 2.37 bits per heavy atom. The number of carbonyl (C=O) groups is 1. The highest BCUT2D eigenvalue weighted by molar-refractivity contribution is 5.66. The van der Waals surface area contributed by atoms with Gasteiger partial charge >= 0.3 is 6.09 Å². The molecule has 0 aromatic heterocycles. The average molecular weight is 375 g/mol. The zero-order valence-corrected chi connectivity index (χ0v) is 14.8. The van der Waals surface area contributed by atoms with Gasteiger partial charge < -0.3 is 30.3 Å². The van der Waals surface area contributed by atoms with Crippen molar-refractivity contribution in [2.24, 2.45) is 0 Å². The molecule has 0 bridgehead atoms. The zero-order valence-electron chi connectivity index (χ0n) is 14.8. The third-order valence-corrected chi connectivity index (χ3v) is 4.65. The van der Waals surface area contributed by atoms with Crippen LogP contribution >= 0.6 is 0 Å². The summed E-state index contributed by atoms with van der Waals surface area (Å²) in [6.45, 7) is 3.46. The molecule has 0 unspecified atom stereocenters. The second-order valence-corrected chi connectivity index (χ2v) is 6.78. The molecular weight excluding hydrogens is 354 g/mol. The summed E-state index contributed by atoms with van der Waals surface area (Å²) in [5.74, 6) is -0.797. The molecule has 0 saturated carbocycles. The molecule has 144 valence electrons. The minimum atomic E-state index is -1.15. The van der Waals surface area contributed by atoms with E-state index in [-0.39, 0.29) is 41.2 Å². The van der Waals surface area contributed by atoms with Crippen molar-refractivity contribution in [2.45, 2.75) is 38.5 Å². The first-order chi connectivity index (χ1) is 12.7. The predicted octanol–water partition coefficient (Wildman–Crippen LogP) is 2.94. The van der Waals surface area contributed by atoms with Crippen LogP contribution in [0.5, 0.6) is 28.7 Å². The monoisotopic (exact) mass is 375 g/mol. The highest BCUT2D eigenvalue weighted by atomic mass is 16.5. The average Bonchev–Trinajstić information content (AvgIpc) is 2.56. The normalized spacial score (nSPS) is 18.6. The largest absolute Gasteiger partial charge is 0.508 e. The van der Waals surface area contributed by atoms with Gasteiger partial charge in [-0.15, -0.1) is 0 Å². The Balaban J connectivity index is 2.13. The van der Waals surface area contributed by atoms with Gasteiger partial charge in [0.15, 0.2) is 11.5 Å². The van der Waals surface area contributed by atoms with Crippen LogP contribution in [0.4, 0.5) is 4.79 Å². The Morgan fingerprint density at radius 2 is 1.78 bits per heavy atom. The van der Waals surface area contributed by atoms with Crippen LogP contribution < -0.4 is 4.74 Å². The molecule has 0 spiro atoms. The molecule has 1 heterocycles. The van der Waals surface area contributed by atoms with Crippen LogP contribution in [-0.2, 0) is 6.42 Å². The number of carboxylic acid groups (broad SMARTS) is 1. The summed E-state index contributed by atoms with van der Waals surface area (Å²) < 4.78 is 5.95. The summed E-state index contributed by atoms with van der Waals surface area (Å²) in [5.41, 5.74) is 0.847. The zero-order chi connectivity index (χ0) is 19.9. The van der Waals surface area contributed by atoms with Gasteiger partial charge in [0, 0.05) is 30.2 Å². The standard InChI is InChI=1S/C19H21NO7/c1-9(2)20(19(25)26)13-8-12-15(23)6-11(21)7-17(12)27-18(13)10-3-4-14(22)16(24)5-10/h3-7,9,13,18,21-24H,8H2,1-2H3,(H,25,26)/t13-,18-/m1/s1. The van der Waals surface area contributed by atoms with Gasteiger partial charge in [-0.3, -0.25) is 4.90 Å². The van der Waals surface area contributed by atoms with E-state index < -0.39 is 18.2 Å². The van der Waals surface area contributed by atoms with E-state index in [2.05, 4.69) is 0 Å². The second kappa shape index (κ2) is 6.79. The fourth-order valence-electron chi connectivity index (χ4n) is 3.46. The maximum absolute atomic E-state index is 11.9. The number of aromatic hydroxyl groups is 4. The Kier molecular flexibility index (Phi) is 4.65. The summed E-state index contributed by atoms with van der Waals surface area (Å²) in [6, 6.07) is 5.58. The van der Waals surface area contributed by atoms with Gasteiger partial charge in [-0.1, -0.05) is 6.07 Å². The SMILES string of the molecule is CC(C)N(C(=O)O)[C@@H]1Cc2c(O)cc(O)cc2O[C@@H]1c1ccc(O)c(O)c1. The Hall–Kier alpha value is -3.29. The van der Waals surface area contributed by atoms with E-state index in [1.165, 1.54) is 35.2 Å². The number of benzene rings is 2. The molecule has 5 N–H and O–H groups in total. The predicted molar refractivity (Wildman–Crippen MR) is 95.4 cm³/mol. The Bertz CT molecular complexity index is 881. The molecule has 0 saturated heterocycles. The molecule has 8 heteroatoms. The third-order valence-electron chi connectivity index (χ3n) is 4.65. The molecule has 2 atom stereocenters. The van der Waals surface area contributed by atoms with Gasteiger partial charge in [0.25, 0.3) is 0 Å². The van der Waals surface area contributed by atoms with Crippen molar-refractivity contribution in [3.63, 3.8) is 0 Å². The van der Waals surface area contributed by atoms with E-state index in [1.807, 2.05) is 0 Å². The number of fused-ring (bicyclic) bond motifs is 1. The van der Waals surface area contributed by atoms with Gasteiger partial charge in [-0.05, 0) is 31.5 Å². The highest BCUT2D eigenvalue weighted by Gasteiger charge is 2.40. The number of amides is 1. The quantitative estimate of drug-likeness (QED) is 0.521. The van der Waals surface area contributed by atoms with Crippen molar-refractivity contribution in [3.8, 4) is 28.7 Å². The maximum Gasteiger partial charge on any atom is 0.407 e. The van der Waals surface area contributed by atoms with E-state index in [0.29, 0.717) is 11.1 Å². The number of hydrogen-bond acceptors (Lipinski definition) is 6. The van der Waals surface area contributed by atoms with Crippen LogP contribution in [-0.4, -0.2) is 48.6 Å². The van der Waals surface area contributed by atoms with E-state index in [1.54, 1.807) is 13.8 Å². The van der Waals surface area contributed by atoms with Gasteiger partial charge in [0.1, 0.15) is 23.4 Å². The van der Waals surface area contributed by atoms with Crippen LogP contribution in [0.25, 0.3) is 0 Å². The molecule has 2 aromatic rings. The lowest BCUT2D eigenvalue weighted by molar-refractivity contribution is 0.0340. The minimum Gasteiger partial charge on any atom is -0.508 e. The van der Waals surface area contributed by atoms with Crippen molar-refractivity contribution >= 4 is 6.09 Å². The molecule has 1 aliphatic rings. The van der Waals surface area contributed by atoms with Crippen LogP contribution in [0.3, 0.4) is 0 Å². The smallest absolute Gasteiger partial charge is 0.407 e. The molecule has 27 heavy (non-hydrogen) atoms. The van der Waals surface area contributed by atoms with Crippen molar-refractivity contribution in [2.75, 3.05) is 0 Å². The fourth-order valence-corrected chi connectivity index (χ4v) is 3.46. The van der Waals surface area contributed by atoms with Gasteiger partial charge in [0.05, 0.1) is 6.04 Å². The first-order valence-corrected chi connectivity index (χ1v) is 8.43. The van der Waals surface area contributed by atoms with Crippen LogP contribution in [0, 0.1) is 0 Å². The van der Waals surface area contributed by atoms with Crippen LogP contribution in [0.1, 0.15) is 31.1 Å². The molecule has 8 nitrogen and oxygen atoms in total. The topological polar surface area (TPSA) is 131 Å². The van der Waals surface area contributed by atoms with E-state index in [4.69, 9.17) is 4.74 Å². The molecule has 0 fully saturated rings.